The molecule has 8 heteroatoms. The first kappa shape index (κ1) is 21.2. The van der Waals surface area contributed by atoms with Crippen LogP contribution in [0.3, 0.4) is 0 Å². The number of benzene rings is 3. The van der Waals surface area contributed by atoms with Crippen LogP contribution in [0.4, 0.5) is 10.1 Å². The van der Waals surface area contributed by atoms with Crippen molar-refractivity contribution in [2.45, 2.75) is 30.4 Å². The van der Waals surface area contributed by atoms with Crippen molar-refractivity contribution in [3.8, 4) is 0 Å². The fourth-order valence-electron chi connectivity index (χ4n) is 3.68. The average Bonchev–Trinajstić information content (AvgIpc) is 3.06. The van der Waals surface area contributed by atoms with Crippen LogP contribution >= 0.6 is 0 Å². The molecule has 2 atom stereocenters. The van der Waals surface area contributed by atoms with Crippen molar-refractivity contribution in [3.63, 3.8) is 0 Å². The Morgan fingerprint density at radius 3 is 2.58 bits per heavy atom. The summed E-state index contributed by atoms with van der Waals surface area (Å²) in [5.41, 5.74) is 2.53. The highest BCUT2D eigenvalue weighted by molar-refractivity contribution is 7.89. The van der Waals surface area contributed by atoms with Crippen LogP contribution in [0.15, 0.2) is 71.6 Å². The summed E-state index contributed by atoms with van der Waals surface area (Å²) in [6, 6.07) is 16.4. The van der Waals surface area contributed by atoms with Gasteiger partial charge in [0.25, 0.3) is 5.91 Å². The Bertz CT molecular complexity index is 1260. The lowest BCUT2D eigenvalue weighted by atomic mass is 10.1. The highest BCUT2D eigenvalue weighted by atomic mass is 32.2. The molecule has 160 valence electrons. The molecule has 3 N–H and O–H groups in total. The highest BCUT2D eigenvalue weighted by Crippen LogP contribution is 2.32. The van der Waals surface area contributed by atoms with E-state index in [4.69, 9.17) is 0 Å². The lowest BCUT2D eigenvalue weighted by Gasteiger charge is -2.17. The first-order chi connectivity index (χ1) is 14.7. The van der Waals surface area contributed by atoms with Gasteiger partial charge in [0.2, 0.25) is 10.0 Å². The van der Waals surface area contributed by atoms with E-state index >= 15 is 0 Å². The number of aliphatic hydroxyl groups excluding tert-OH is 1. The summed E-state index contributed by atoms with van der Waals surface area (Å²) in [4.78, 5) is 12.5. The van der Waals surface area contributed by atoms with Crippen molar-refractivity contribution < 1.29 is 22.7 Å². The van der Waals surface area contributed by atoms with Gasteiger partial charge >= 0.3 is 0 Å². The topological polar surface area (TPSA) is 95.5 Å². The van der Waals surface area contributed by atoms with Crippen LogP contribution < -0.4 is 10.0 Å². The van der Waals surface area contributed by atoms with E-state index in [0.29, 0.717) is 23.2 Å². The first-order valence-electron chi connectivity index (χ1n) is 9.70. The Labute approximate surface area is 179 Å². The fraction of sp³-hybridized carbons (Fsp3) is 0.174. The molecular formula is C23H21FN2O4S. The van der Waals surface area contributed by atoms with E-state index in [2.05, 4.69) is 10.0 Å². The van der Waals surface area contributed by atoms with Crippen molar-refractivity contribution in [1.82, 2.24) is 4.72 Å². The Kier molecular flexibility index (Phi) is 5.62. The molecule has 0 aromatic heterocycles. The second-order valence-electron chi connectivity index (χ2n) is 7.52. The van der Waals surface area contributed by atoms with Crippen molar-refractivity contribution >= 4 is 21.6 Å². The van der Waals surface area contributed by atoms with Gasteiger partial charge in [-0.3, -0.25) is 4.79 Å². The molecule has 0 unspecified atom stereocenters. The largest absolute Gasteiger partial charge is 0.387 e. The van der Waals surface area contributed by atoms with Gasteiger partial charge in [-0.15, -0.1) is 0 Å². The van der Waals surface area contributed by atoms with E-state index in [1.807, 2.05) is 12.1 Å². The molecule has 31 heavy (non-hydrogen) atoms. The van der Waals surface area contributed by atoms with Crippen LogP contribution in [0.1, 0.15) is 33.2 Å². The maximum Gasteiger partial charge on any atom is 0.255 e. The number of rotatable bonds is 5. The summed E-state index contributed by atoms with van der Waals surface area (Å²) in [5.74, 6) is -0.898. The summed E-state index contributed by atoms with van der Waals surface area (Å²) < 4.78 is 41.8. The van der Waals surface area contributed by atoms with Crippen LogP contribution in [0, 0.1) is 12.7 Å². The molecule has 1 aliphatic carbocycles. The van der Waals surface area contributed by atoms with E-state index < -0.39 is 28.1 Å². The Hall–Kier alpha value is -3.07. The van der Waals surface area contributed by atoms with Crippen LogP contribution in [0.5, 0.6) is 0 Å². The highest BCUT2D eigenvalue weighted by Gasteiger charge is 2.34. The Morgan fingerprint density at radius 1 is 1.06 bits per heavy atom. The maximum absolute atomic E-state index is 13.4. The van der Waals surface area contributed by atoms with E-state index in [-0.39, 0.29) is 16.3 Å². The molecule has 0 radical (unpaired) electrons. The smallest absolute Gasteiger partial charge is 0.255 e. The molecule has 0 bridgehead atoms. The van der Waals surface area contributed by atoms with Crippen LogP contribution in [0.25, 0.3) is 0 Å². The predicted molar refractivity (Wildman–Crippen MR) is 115 cm³/mol. The van der Waals surface area contributed by atoms with E-state index in [1.54, 1.807) is 19.1 Å². The number of anilines is 1. The standard InChI is InChI=1S/C23H21FN2O4S/c1-14-11-17(9-10-20(14)24)25-23(28)16-6-4-7-18(12-16)31(29,30)26-21-13-15-5-2-3-8-19(15)22(21)27/h2-12,21-22,26-27H,13H2,1H3,(H,25,28)/t21-,22+/m0/s1. The zero-order valence-electron chi connectivity index (χ0n) is 16.7. The molecule has 0 heterocycles. The maximum atomic E-state index is 13.4. The average molecular weight is 440 g/mol. The summed E-state index contributed by atoms with van der Waals surface area (Å²) in [5, 5.41) is 13.1. The summed E-state index contributed by atoms with van der Waals surface area (Å²) in [7, 11) is -3.98. The van der Waals surface area contributed by atoms with Gasteiger partial charge in [-0.05, 0) is 66.4 Å². The predicted octanol–water partition coefficient (Wildman–Crippen LogP) is 3.32. The zero-order chi connectivity index (χ0) is 22.2. The fourth-order valence-corrected chi connectivity index (χ4v) is 4.96. The number of halogens is 1. The Balaban J connectivity index is 1.52. The van der Waals surface area contributed by atoms with Gasteiger partial charge in [0.05, 0.1) is 17.0 Å². The summed E-state index contributed by atoms with van der Waals surface area (Å²) >= 11 is 0. The Morgan fingerprint density at radius 2 is 1.84 bits per heavy atom. The first-order valence-corrected chi connectivity index (χ1v) is 11.2. The molecule has 4 rings (SSSR count). The molecule has 3 aromatic rings. The third-order valence-electron chi connectivity index (χ3n) is 5.32. The number of aliphatic hydroxyl groups is 1. The van der Waals surface area contributed by atoms with E-state index in [1.165, 1.54) is 42.5 Å². The molecule has 3 aromatic carbocycles. The zero-order valence-corrected chi connectivity index (χ0v) is 17.5. The van der Waals surface area contributed by atoms with Gasteiger partial charge in [-0.25, -0.2) is 17.5 Å². The molecule has 0 saturated heterocycles. The normalized spacial score (nSPS) is 17.9. The summed E-state index contributed by atoms with van der Waals surface area (Å²) in [6.45, 7) is 1.58. The molecule has 0 aliphatic heterocycles. The number of hydrogen-bond donors (Lipinski definition) is 3. The molecule has 0 spiro atoms. The van der Waals surface area contributed by atoms with Crippen LogP contribution in [-0.2, 0) is 16.4 Å². The minimum Gasteiger partial charge on any atom is -0.387 e. The van der Waals surface area contributed by atoms with Gasteiger partial charge in [-0.1, -0.05) is 30.3 Å². The number of carbonyl (C=O) groups excluding carboxylic acids is 1. The number of nitrogens with one attached hydrogen (secondary N) is 2. The number of sulfonamides is 1. The minimum absolute atomic E-state index is 0.0846. The van der Waals surface area contributed by atoms with Gasteiger partial charge in [0.1, 0.15) is 5.82 Å². The number of aryl methyl sites for hydroxylation is 1. The number of fused-ring (bicyclic) bond motifs is 1. The number of carbonyl (C=O) groups is 1. The molecule has 1 amide bonds. The molecular weight excluding hydrogens is 419 g/mol. The van der Waals surface area contributed by atoms with Crippen LogP contribution in [0.2, 0.25) is 0 Å². The number of hydrogen-bond acceptors (Lipinski definition) is 4. The monoisotopic (exact) mass is 440 g/mol. The van der Waals surface area contributed by atoms with Crippen molar-refractivity contribution in [2.24, 2.45) is 0 Å². The molecule has 0 saturated carbocycles. The van der Waals surface area contributed by atoms with Gasteiger partial charge in [0.15, 0.2) is 0 Å². The molecule has 1 aliphatic rings. The van der Waals surface area contributed by atoms with Gasteiger partial charge in [-0.2, -0.15) is 0 Å². The second kappa shape index (κ2) is 8.22. The van der Waals surface area contributed by atoms with Gasteiger partial charge in [0, 0.05) is 11.3 Å². The molecule has 6 nitrogen and oxygen atoms in total. The lowest BCUT2D eigenvalue weighted by molar-refractivity contribution is 0.102. The number of amides is 1. The molecule has 0 fully saturated rings. The quantitative estimate of drug-likeness (QED) is 0.567. The van der Waals surface area contributed by atoms with Crippen molar-refractivity contribution in [3.05, 3.63) is 94.8 Å². The third-order valence-corrected chi connectivity index (χ3v) is 6.81. The SMILES string of the molecule is Cc1cc(NC(=O)c2cccc(S(=O)(=O)N[C@H]3Cc4ccccc4[C@H]3O)c2)ccc1F. The minimum atomic E-state index is -3.98. The van der Waals surface area contributed by atoms with E-state index in [9.17, 15) is 22.7 Å². The summed E-state index contributed by atoms with van der Waals surface area (Å²) in [6.07, 6.45) is -0.570. The van der Waals surface area contributed by atoms with Crippen LogP contribution in [-0.4, -0.2) is 25.5 Å². The van der Waals surface area contributed by atoms with Crippen molar-refractivity contribution in [2.75, 3.05) is 5.32 Å². The van der Waals surface area contributed by atoms with E-state index in [0.717, 1.165) is 5.56 Å². The van der Waals surface area contributed by atoms with Crippen molar-refractivity contribution in [1.29, 1.82) is 0 Å². The second-order valence-corrected chi connectivity index (χ2v) is 9.24. The third kappa shape index (κ3) is 4.36. The van der Waals surface area contributed by atoms with Gasteiger partial charge < -0.3 is 10.4 Å². The lowest BCUT2D eigenvalue weighted by Crippen LogP contribution is -2.37.